The van der Waals surface area contributed by atoms with E-state index in [0.29, 0.717) is 13.0 Å². The van der Waals surface area contributed by atoms with Gasteiger partial charge in [0.2, 0.25) is 11.8 Å². The molecule has 0 radical (unpaired) electrons. The topological polar surface area (TPSA) is 86.8 Å². The van der Waals surface area contributed by atoms with Gasteiger partial charge in [0.15, 0.2) is 0 Å². The molecule has 0 aromatic heterocycles. The number of carbonyl (C=O) groups excluding carboxylic acids is 2. The number of anilines is 1. The van der Waals surface area contributed by atoms with Crippen molar-refractivity contribution in [1.82, 2.24) is 10.2 Å². The Morgan fingerprint density at radius 2 is 1.44 bits per heavy atom. The van der Waals surface area contributed by atoms with E-state index in [4.69, 9.17) is 0 Å². The Labute approximate surface area is 260 Å². The molecule has 0 aliphatic heterocycles. The first-order valence-corrected chi connectivity index (χ1v) is 16.1. The highest BCUT2D eigenvalue weighted by Crippen LogP contribution is 2.25. The van der Waals surface area contributed by atoms with Gasteiger partial charge in [0.25, 0.3) is 10.0 Å². The number of sulfonamides is 1. The Balaban J connectivity index is 1.77. The maximum atomic E-state index is 14.3. The molecule has 43 heavy (non-hydrogen) atoms. The highest BCUT2D eigenvalue weighted by atomic mass is 79.9. The van der Waals surface area contributed by atoms with Crippen LogP contribution in [0.25, 0.3) is 0 Å². The van der Waals surface area contributed by atoms with Crippen LogP contribution in [0.4, 0.5) is 10.1 Å². The van der Waals surface area contributed by atoms with Crippen LogP contribution in [0.15, 0.2) is 119 Å². The van der Waals surface area contributed by atoms with Gasteiger partial charge in [0.1, 0.15) is 18.4 Å². The van der Waals surface area contributed by atoms with Gasteiger partial charge in [-0.25, -0.2) is 12.8 Å². The van der Waals surface area contributed by atoms with E-state index in [1.165, 1.54) is 17.0 Å². The summed E-state index contributed by atoms with van der Waals surface area (Å²) in [5.74, 6) is -1.47. The summed E-state index contributed by atoms with van der Waals surface area (Å²) in [6, 6.07) is 28.5. The van der Waals surface area contributed by atoms with Crippen molar-refractivity contribution in [3.05, 3.63) is 131 Å². The van der Waals surface area contributed by atoms with Gasteiger partial charge in [-0.3, -0.25) is 13.9 Å². The van der Waals surface area contributed by atoms with Crippen LogP contribution >= 0.6 is 15.9 Å². The van der Waals surface area contributed by atoms with Crippen LogP contribution in [0.2, 0.25) is 0 Å². The molecule has 4 rings (SSSR count). The molecule has 0 bridgehead atoms. The molecule has 0 aliphatic carbocycles. The molecule has 2 amide bonds. The lowest BCUT2D eigenvalue weighted by molar-refractivity contribution is -0.140. The number of hydrogen-bond donors (Lipinski definition) is 1. The molecule has 0 aliphatic rings. The maximum Gasteiger partial charge on any atom is 0.264 e. The van der Waals surface area contributed by atoms with Gasteiger partial charge in [-0.1, -0.05) is 83.5 Å². The van der Waals surface area contributed by atoms with E-state index >= 15 is 0 Å². The van der Waals surface area contributed by atoms with Crippen LogP contribution in [0, 0.1) is 5.82 Å². The van der Waals surface area contributed by atoms with Crippen LogP contribution in [-0.4, -0.2) is 44.3 Å². The fraction of sp³-hybridized carbons (Fsp3) is 0.212. The zero-order valence-corrected chi connectivity index (χ0v) is 26.1. The van der Waals surface area contributed by atoms with Crippen LogP contribution in [0.3, 0.4) is 0 Å². The summed E-state index contributed by atoms with van der Waals surface area (Å²) in [4.78, 5) is 29.2. The van der Waals surface area contributed by atoms with Crippen LogP contribution in [0.1, 0.15) is 24.5 Å². The van der Waals surface area contributed by atoms with Gasteiger partial charge in [-0.2, -0.15) is 0 Å². The first-order chi connectivity index (χ1) is 20.7. The van der Waals surface area contributed by atoms with E-state index < -0.39 is 34.3 Å². The Morgan fingerprint density at radius 1 is 0.837 bits per heavy atom. The Bertz CT molecular complexity index is 1600. The molecular formula is C33H33BrFN3O4S. The second kappa shape index (κ2) is 14.9. The quantitative estimate of drug-likeness (QED) is 0.191. The first kappa shape index (κ1) is 31.9. The summed E-state index contributed by atoms with van der Waals surface area (Å²) in [6.07, 6.45) is 0.941. The number of para-hydroxylation sites is 1. The van der Waals surface area contributed by atoms with Crippen LogP contribution < -0.4 is 9.62 Å². The number of hydrogen-bond acceptors (Lipinski definition) is 4. The summed E-state index contributed by atoms with van der Waals surface area (Å²) in [6.45, 7) is 1.86. The molecule has 0 saturated heterocycles. The van der Waals surface area contributed by atoms with E-state index in [9.17, 15) is 22.4 Å². The number of benzene rings is 4. The Hall–Kier alpha value is -4.02. The predicted octanol–water partition coefficient (Wildman–Crippen LogP) is 5.95. The SMILES string of the molecule is CCCNC(=O)C(Cc1ccccc1)N(Cc1ccc(Br)cc1)C(=O)CN(c1ccccc1)S(=O)(=O)c1ccc(F)cc1. The molecule has 4 aromatic rings. The minimum absolute atomic E-state index is 0.0718. The highest BCUT2D eigenvalue weighted by Gasteiger charge is 2.34. The lowest BCUT2D eigenvalue weighted by atomic mass is 10.0. The summed E-state index contributed by atoms with van der Waals surface area (Å²) in [5.41, 5.74) is 1.89. The molecule has 10 heteroatoms. The molecular weight excluding hydrogens is 633 g/mol. The van der Waals surface area contributed by atoms with E-state index in [0.717, 1.165) is 32.0 Å². The molecule has 0 fully saturated rings. The fourth-order valence-corrected chi connectivity index (χ4v) is 6.24. The molecule has 1 atom stereocenters. The number of carbonyl (C=O) groups is 2. The van der Waals surface area contributed by atoms with Crippen molar-refractivity contribution in [3.63, 3.8) is 0 Å². The minimum Gasteiger partial charge on any atom is -0.354 e. The minimum atomic E-state index is -4.28. The number of amides is 2. The Kier molecular flexibility index (Phi) is 11.1. The molecule has 1 unspecified atom stereocenters. The van der Waals surface area contributed by atoms with Crippen molar-refractivity contribution < 1.29 is 22.4 Å². The molecule has 7 nitrogen and oxygen atoms in total. The summed E-state index contributed by atoms with van der Waals surface area (Å²) in [7, 11) is -4.28. The van der Waals surface area contributed by atoms with Gasteiger partial charge in [0, 0.05) is 24.0 Å². The highest BCUT2D eigenvalue weighted by molar-refractivity contribution is 9.10. The number of rotatable bonds is 13. The molecule has 1 N–H and O–H groups in total. The van der Waals surface area contributed by atoms with Gasteiger partial charge in [0.05, 0.1) is 10.6 Å². The van der Waals surface area contributed by atoms with Gasteiger partial charge >= 0.3 is 0 Å². The smallest absolute Gasteiger partial charge is 0.264 e. The summed E-state index contributed by atoms with van der Waals surface area (Å²) in [5, 5.41) is 2.92. The molecule has 0 heterocycles. The third-order valence-electron chi connectivity index (χ3n) is 6.81. The average molecular weight is 667 g/mol. The van der Waals surface area contributed by atoms with Crippen molar-refractivity contribution in [2.75, 3.05) is 17.4 Å². The number of halogens is 2. The van der Waals surface area contributed by atoms with Crippen molar-refractivity contribution >= 4 is 43.5 Å². The van der Waals surface area contributed by atoms with E-state index in [1.807, 2.05) is 61.5 Å². The van der Waals surface area contributed by atoms with Crippen molar-refractivity contribution in [1.29, 1.82) is 0 Å². The van der Waals surface area contributed by atoms with Crippen molar-refractivity contribution in [2.24, 2.45) is 0 Å². The van der Waals surface area contributed by atoms with Gasteiger partial charge in [-0.15, -0.1) is 0 Å². The van der Waals surface area contributed by atoms with E-state index in [2.05, 4.69) is 21.2 Å². The second-order valence-electron chi connectivity index (χ2n) is 9.95. The fourth-order valence-electron chi connectivity index (χ4n) is 4.56. The van der Waals surface area contributed by atoms with E-state index in [1.54, 1.807) is 30.3 Å². The third-order valence-corrected chi connectivity index (χ3v) is 9.13. The molecule has 0 saturated carbocycles. The largest absolute Gasteiger partial charge is 0.354 e. The normalized spacial score (nSPS) is 11.9. The lowest BCUT2D eigenvalue weighted by Crippen LogP contribution is -2.53. The first-order valence-electron chi connectivity index (χ1n) is 13.9. The summed E-state index contributed by atoms with van der Waals surface area (Å²) >= 11 is 3.43. The van der Waals surface area contributed by atoms with Gasteiger partial charge < -0.3 is 10.2 Å². The maximum absolute atomic E-state index is 14.3. The molecule has 0 spiro atoms. The van der Waals surface area contributed by atoms with Crippen molar-refractivity contribution in [2.45, 2.75) is 37.2 Å². The Morgan fingerprint density at radius 3 is 2.05 bits per heavy atom. The molecule has 4 aromatic carbocycles. The van der Waals surface area contributed by atoms with Crippen LogP contribution in [-0.2, 0) is 32.6 Å². The average Bonchev–Trinajstić information content (AvgIpc) is 3.02. The van der Waals surface area contributed by atoms with Crippen LogP contribution in [0.5, 0.6) is 0 Å². The zero-order valence-electron chi connectivity index (χ0n) is 23.7. The standard InChI is InChI=1S/C33H33BrFN3O4S/c1-2-21-36-33(40)31(22-25-9-5-3-6-10-25)37(23-26-13-15-27(34)16-14-26)32(39)24-38(29-11-7-4-8-12-29)43(41,42)30-19-17-28(35)18-20-30/h3-20,31H,2,21-24H2,1H3,(H,36,40). The van der Waals surface area contributed by atoms with Crippen molar-refractivity contribution in [3.8, 4) is 0 Å². The zero-order chi connectivity index (χ0) is 30.8. The molecule has 224 valence electrons. The number of nitrogens with one attached hydrogen (secondary N) is 1. The monoisotopic (exact) mass is 665 g/mol. The summed E-state index contributed by atoms with van der Waals surface area (Å²) < 4.78 is 43.3. The lowest BCUT2D eigenvalue weighted by Gasteiger charge is -2.34. The predicted molar refractivity (Wildman–Crippen MR) is 169 cm³/mol. The third kappa shape index (κ3) is 8.52. The van der Waals surface area contributed by atoms with E-state index in [-0.39, 0.29) is 29.5 Å². The van der Waals surface area contributed by atoms with Gasteiger partial charge in [-0.05, 0) is 66.1 Å². The number of nitrogens with zero attached hydrogens (tertiary/aromatic N) is 2. The second-order valence-corrected chi connectivity index (χ2v) is 12.7.